The first-order valence-electron chi connectivity index (χ1n) is 8.64. The van der Waals surface area contributed by atoms with Crippen molar-refractivity contribution in [2.45, 2.75) is 26.4 Å². The predicted octanol–water partition coefficient (Wildman–Crippen LogP) is 2.76. The maximum absolute atomic E-state index is 12.5. The highest BCUT2D eigenvalue weighted by molar-refractivity contribution is 5.85. The third-order valence-corrected chi connectivity index (χ3v) is 3.95. The van der Waals surface area contributed by atoms with Gasteiger partial charge in [0, 0.05) is 38.1 Å². The molecule has 1 heterocycles. The number of benzene rings is 1. The van der Waals surface area contributed by atoms with Crippen LogP contribution in [0, 0.1) is 16.0 Å². The van der Waals surface area contributed by atoms with E-state index < -0.39 is 23.0 Å². The van der Waals surface area contributed by atoms with Gasteiger partial charge in [-0.2, -0.15) is 0 Å². The second-order valence-electron chi connectivity index (χ2n) is 6.56. The summed E-state index contributed by atoms with van der Waals surface area (Å²) in [5.74, 6) is -0.701. The smallest absolute Gasteiger partial charge is 0.334 e. The molecule has 0 unspecified atom stereocenters. The second-order valence-corrected chi connectivity index (χ2v) is 6.56. The number of nitrogens with one attached hydrogen (secondary N) is 1. The number of ether oxygens (including phenoxy) is 1. The molecular weight excluding hydrogens is 364 g/mol. The van der Waals surface area contributed by atoms with Crippen molar-refractivity contribution in [3.8, 4) is 5.75 Å². The third-order valence-electron chi connectivity index (χ3n) is 3.95. The molecule has 9 heteroatoms. The lowest BCUT2D eigenvalue weighted by Gasteiger charge is -2.24. The van der Waals surface area contributed by atoms with E-state index in [1.165, 1.54) is 29.2 Å². The summed E-state index contributed by atoms with van der Waals surface area (Å²) < 4.78 is 5.27. The molecule has 0 saturated heterocycles. The topological polar surface area (TPSA) is 115 Å². The molecule has 0 aliphatic rings. The van der Waals surface area contributed by atoms with E-state index in [0.29, 0.717) is 6.54 Å². The Morgan fingerprint density at radius 3 is 2.46 bits per heavy atom. The van der Waals surface area contributed by atoms with Crippen LogP contribution in [-0.2, 0) is 11.3 Å². The third kappa shape index (κ3) is 5.76. The first-order chi connectivity index (χ1) is 13.3. The number of nitro benzene ring substituents is 1. The van der Waals surface area contributed by atoms with Gasteiger partial charge in [0.2, 0.25) is 0 Å². The van der Waals surface area contributed by atoms with Crippen molar-refractivity contribution in [2.24, 2.45) is 5.92 Å². The van der Waals surface area contributed by atoms with Gasteiger partial charge in [0.1, 0.15) is 11.8 Å². The van der Waals surface area contributed by atoms with Crippen LogP contribution in [0.5, 0.6) is 5.75 Å². The minimum atomic E-state index is -0.876. The number of carbonyl (C=O) groups excluding carboxylic acids is 2. The lowest BCUT2D eigenvalue weighted by molar-refractivity contribution is -0.384. The molecule has 2 amide bonds. The molecule has 0 aliphatic carbocycles. The van der Waals surface area contributed by atoms with Crippen molar-refractivity contribution < 1.29 is 19.2 Å². The normalized spacial score (nSPS) is 11.6. The number of pyridine rings is 1. The van der Waals surface area contributed by atoms with Crippen molar-refractivity contribution in [3.05, 3.63) is 64.5 Å². The van der Waals surface area contributed by atoms with E-state index in [-0.39, 0.29) is 17.4 Å². The fraction of sp³-hybridized carbons (Fsp3) is 0.316. The Morgan fingerprint density at radius 2 is 1.93 bits per heavy atom. The number of urea groups is 1. The van der Waals surface area contributed by atoms with Crippen molar-refractivity contribution in [2.75, 3.05) is 7.05 Å². The minimum Gasteiger partial charge on any atom is -0.425 e. The summed E-state index contributed by atoms with van der Waals surface area (Å²) in [6.45, 7) is 3.90. The van der Waals surface area contributed by atoms with Crippen LogP contribution in [0.15, 0.2) is 48.8 Å². The SMILES string of the molecule is CC(C)[C@H](NC(=O)N(C)Cc1cccnc1)C(=O)Oc1ccc([N+](=O)[O-])cc1. The minimum absolute atomic E-state index is 0.106. The van der Waals surface area contributed by atoms with Gasteiger partial charge < -0.3 is 15.0 Å². The number of nitrogens with zero attached hydrogens (tertiary/aromatic N) is 3. The van der Waals surface area contributed by atoms with E-state index in [0.717, 1.165) is 5.56 Å². The Bertz CT molecular complexity index is 824. The van der Waals surface area contributed by atoms with Crippen molar-refractivity contribution in [3.63, 3.8) is 0 Å². The van der Waals surface area contributed by atoms with Crippen LogP contribution in [0.2, 0.25) is 0 Å². The zero-order chi connectivity index (χ0) is 20.7. The first kappa shape index (κ1) is 20.8. The molecule has 9 nitrogen and oxygen atoms in total. The molecule has 1 aromatic carbocycles. The Kier molecular flexibility index (Phi) is 7.02. The zero-order valence-electron chi connectivity index (χ0n) is 15.9. The summed E-state index contributed by atoms with van der Waals surface area (Å²) in [6.07, 6.45) is 3.30. The Balaban J connectivity index is 2.00. The Hall–Kier alpha value is -3.49. The summed E-state index contributed by atoms with van der Waals surface area (Å²) in [6, 6.07) is 7.48. The van der Waals surface area contributed by atoms with Gasteiger partial charge in [0.15, 0.2) is 0 Å². The molecule has 28 heavy (non-hydrogen) atoms. The number of esters is 1. The fourth-order valence-corrected chi connectivity index (χ4v) is 2.39. The molecule has 2 rings (SSSR count). The Morgan fingerprint density at radius 1 is 1.25 bits per heavy atom. The van der Waals surface area contributed by atoms with Crippen LogP contribution in [0.25, 0.3) is 0 Å². The van der Waals surface area contributed by atoms with Crippen molar-refractivity contribution >= 4 is 17.7 Å². The second kappa shape index (κ2) is 9.45. The van der Waals surface area contributed by atoms with Gasteiger partial charge in [-0.25, -0.2) is 9.59 Å². The highest BCUT2D eigenvalue weighted by atomic mass is 16.6. The van der Waals surface area contributed by atoms with E-state index in [2.05, 4.69) is 10.3 Å². The summed E-state index contributed by atoms with van der Waals surface area (Å²) in [5.41, 5.74) is 0.750. The number of carbonyl (C=O) groups is 2. The molecule has 148 valence electrons. The van der Waals surface area contributed by atoms with E-state index in [1.807, 2.05) is 6.07 Å². The zero-order valence-corrected chi connectivity index (χ0v) is 15.9. The van der Waals surface area contributed by atoms with Crippen LogP contribution < -0.4 is 10.1 Å². The molecule has 1 aromatic heterocycles. The van der Waals surface area contributed by atoms with E-state index in [1.54, 1.807) is 39.4 Å². The maximum Gasteiger partial charge on any atom is 0.334 e. The average Bonchev–Trinajstić information content (AvgIpc) is 2.66. The summed E-state index contributed by atoms with van der Waals surface area (Å²) >= 11 is 0. The fourth-order valence-electron chi connectivity index (χ4n) is 2.39. The summed E-state index contributed by atoms with van der Waals surface area (Å²) in [5, 5.41) is 13.4. The highest BCUT2D eigenvalue weighted by Crippen LogP contribution is 2.18. The molecule has 1 atom stereocenters. The average molecular weight is 386 g/mol. The van der Waals surface area contributed by atoms with Crippen LogP contribution >= 0.6 is 0 Å². The lowest BCUT2D eigenvalue weighted by Crippen LogP contribution is -2.50. The number of non-ortho nitro benzene ring substituents is 1. The lowest BCUT2D eigenvalue weighted by atomic mass is 10.1. The maximum atomic E-state index is 12.5. The Labute approximate surface area is 162 Å². The van der Waals surface area contributed by atoms with Crippen molar-refractivity contribution in [1.82, 2.24) is 15.2 Å². The number of rotatable bonds is 7. The predicted molar refractivity (Wildman–Crippen MR) is 102 cm³/mol. The number of aromatic nitrogens is 1. The first-order valence-corrected chi connectivity index (χ1v) is 8.64. The highest BCUT2D eigenvalue weighted by Gasteiger charge is 2.27. The molecule has 0 saturated carbocycles. The summed E-state index contributed by atoms with van der Waals surface area (Å²) in [7, 11) is 1.61. The van der Waals surface area contributed by atoms with Crippen molar-refractivity contribution in [1.29, 1.82) is 0 Å². The molecule has 0 spiro atoms. The van der Waals surface area contributed by atoms with Gasteiger partial charge in [0.25, 0.3) is 5.69 Å². The van der Waals surface area contributed by atoms with Gasteiger partial charge in [-0.1, -0.05) is 19.9 Å². The van der Waals surface area contributed by atoms with Gasteiger partial charge in [0.05, 0.1) is 4.92 Å². The number of hydrogen-bond donors (Lipinski definition) is 1. The van der Waals surface area contributed by atoms with Crippen LogP contribution in [0.3, 0.4) is 0 Å². The van der Waals surface area contributed by atoms with Gasteiger partial charge in [-0.05, 0) is 29.7 Å². The van der Waals surface area contributed by atoms with Crippen LogP contribution in [-0.4, -0.2) is 39.9 Å². The quantitative estimate of drug-likeness (QED) is 0.339. The number of nitro groups is 1. The number of amides is 2. The van der Waals surface area contributed by atoms with E-state index >= 15 is 0 Å². The molecule has 0 bridgehead atoms. The monoisotopic (exact) mass is 386 g/mol. The largest absolute Gasteiger partial charge is 0.425 e. The van der Waals surface area contributed by atoms with Gasteiger partial charge in [-0.15, -0.1) is 0 Å². The van der Waals surface area contributed by atoms with Gasteiger partial charge >= 0.3 is 12.0 Å². The molecule has 0 aliphatic heterocycles. The van der Waals surface area contributed by atoms with E-state index in [9.17, 15) is 19.7 Å². The van der Waals surface area contributed by atoms with E-state index in [4.69, 9.17) is 4.74 Å². The molecule has 0 fully saturated rings. The standard InChI is InChI=1S/C19H22N4O5/c1-13(2)17(18(24)28-16-8-6-15(7-9-16)23(26)27)21-19(25)22(3)12-14-5-4-10-20-11-14/h4-11,13,17H,12H2,1-3H3,(H,21,25)/t17-/m0/s1. The molecular formula is C19H22N4O5. The summed E-state index contributed by atoms with van der Waals surface area (Å²) in [4.78, 5) is 40.5. The van der Waals surface area contributed by atoms with Crippen LogP contribution in [0.1, 0.15) is 19.4 Å². The molecule has 2 aromatic rings. The van der Waals surface area contributed by atoms with Crippen LogP contribution in [0.4, 0.5) is 10.5 Å². The molecule has 0 radical (unpaired) electrons. The number of hydrogen-bond acceptors (Lipinski definition) is 6. The molecule has 1 N–H and O–H groups in total. The van der Waals surface area contributed by atoms with Gasteiger partial charge in [-0.3, -0.25) is 15.1 Å².